The van der Waals surface area contributed by atoms with Crippen molar-refractivity contribution in [3.63, 3.8) is 0 Å². The van der Waals surface area contributed by atoms with Crippen LogP contribution in [0.5, 0.6) is 23.1 Å². The Kier molecular flexibility index (Phi) is 22.8. The van der Waals surface area contributed by atoms with Gasteiger partial charge in [0.1, 0.15) is 22.4 Å². The molecule has 0 bridgehead atoms. The van der Waals surface area contributed by atoms with Gasteiger partial charge in [-0.15, -0.1) is 0 Å². The molecule has 4 N–H and O–H groups in total. The van der Waals surface area contributed by atoms with Crippen molar-refractivity contribution in [2.24, 2.45) is 0 Å². The largest absolute Gasteiger partial charge is 0.508 e. The molecule has 0 saturated heterocycles. The Balaban J connectivity index is 0.000000339. The third-order valence-corrected chi connectivity index (χ3v) is 11.3. The molecule has 0 unspecified atom stereocenters. The number of phenols is 2. The number of ether oxygens (including phenoxy) is 1. The van der Waals surface area contributed by atoms with Crippen LogP contribution >= 0.6 is 34.8 Å². The highest BCUT2D eigenvalue weighted by Crippen LogP contribution is 2.38. The Morgan fingerprint density at radius 3 is 1.56 bits per heavy atom. The predicted molar refractivity (Wildman–Crippen MR) is 282 cm³/mol. The van der Waals surface area contributed by atoms with Crippen LogP contribution < -0.4 is 15.4 Å². The number of carbonyl (C=O) groups is 3. The van der Waals surface area contributed by atoms with Gasteiger partial charge < -0.3 is 25.6 Å². The quantitative estimate of drug-likeness (QED) is 0.114. The molecule has 0 spiro atoms. The molecule has 368 valence electrons. The van der Waals surface area contributed by atoms with E-state index in [1.54, 1.807) is 109 Å². The van der Waals surface area contributed by atoms with Gasteiger partial charge in [0.25, 0.3) is 0 Å². The van der Waals surface area contributed by atoms with Crippen molar-refractivity contribution in [2.45, 2.75) is 75.7 Å². The molecule has 3 aliphatic rings. The standard InChI is InChI=1S/C20H13ClN4O2.C11H7ClN4.C9H7ClO2.C9H8O2.5CH4/c21-19-15-5-7-16(26)14(15)6-8-17(19)27-18-9-10-23-20(25-18)24-13-3-1-12(11-22)2-4-13;12-10-5-6-14-11(16-10)15-9-3-1-8(7-13)2-4-9;10-9-6-2-3-7(11)5(6)1-4-8(9)12;10-7-2-3-8-6(5-7)1-4-9(8)11;;;;;/h1-4,6,8-10H,5,7H2,(H,23,24,25);1-6H,(H,14,15,16);1,4,12H,2-3H2;2-3,5,10H,1,4H2;5*1H4. The lowest BCUT2D eigenvalue weighted by molar-refractivity contribution is 0.0986. The summed E-state index contributed by atoms with van der Waals surface area (Å²) in [6, 6.07) is 32.7. The van der Waals surface area contributed by atoms with E-state index in [4.69, 9.17) is 55.2 Å². The van der Waals surface area contributed by atoms with E-state index in [1.807, 2.05) is 6.07 Å². The number of hydrogen-bond donors (Lipinski definition) is 4. The second-order valence-electron chi connectivity index (χ2n) is 14.6. The van der Waals surface area contributed by atoms with Crippen molar-refractivity contribution in [1.29, 1.82) is 10.5 Å². The van der Waals surface area contributed by atoms with Crippen molar-refractivity contribution in [3.8, 4) is 35.3 Å². The highest BCUT2D eigenvalue weighted by Gasteiger charge is 2.25. The fraction of sp³-hybridized carbons (Fsp3) is 0.204. The first kappa shape index (κ1) is 59.2. The number of anilines is 4. The Bertz CT molecular complexity index is 3070. The van der Waals surface area contributed by atoms with Gasteiger partial charge in [-0.05, 0) is 133 Å². The molecule has 10 rings (SSSR count). The van der Waals surface area contributed by atoms with Gasteiger partial charge in [-0.3, -0.25) is 14.4 Å². The number of benzene rings is 5. The van der Waals surface area contributed by atoms with Crippen molar-refractivity contribution >= 4 is 75.4 Å². The Hall–Kier alpha value is -7.88. The number of rotatable bonds is 6. The second-order valence-corrected chi connectivity index (χ2v) is 15.7. The minimum absolute atomic E-state index is 0. The zero-order valence-electron chi connectivity index (χ0n) is 34.6. The Labute approximate surface area is 430 Å². The van der Waals surface area contributed by atoms with Crippen molar-refractivity contribution in [1.82, 2.24) is 19.9 Å². The third-order valence-electron chi connectivity index (χ3n) is 10.3. The number of phenolic OH excluding ortho intramolecular Hbond substituents is 2. The van der Waals surface area contributed by atoms with Gasteiger partial charge in [0.2, 0.25) is 17.8 Å². The molecule has 7 aromatic rings. The lowest BCUT2D eigenvalue weighted by atomic mass is 10.1. The van der Waals surface area contributed by atoms with Crippen molar-refractivity contribution < 1.29 is 29.3 Å². The first-order valence-electron chi connectivity index (χ1n) is 20.2. The number of hydrogen-bond acceptors (Lipinski definition) is 14. The number of ketones is 3. The Morgan fingerprint density at radius 2 is 1.01 bits per heavy atom. The van der Waals surface area contributed by atoms with Crippen LogP contribution in [0.3, 0.4) is 0 Å². The molecular formula is C54H55Cl3N8O6. The van der Waals surface area contributed by atoms with E-state index in [0.717, 1.165) is 40.0 Å². The van der Waals surface area contributed by atoms with Gasteiger partial charge >= 0.3 is 0 Å². The number of aryl methyl sites for hydroxylation is 1. The number of aromatic nitrogens is 4. The molecule has 0 aliphatic heterocycles. The number of nitrogens with zero attached hydrogens (tertiary/aromatic N) is 6. The highest BCUT2D eigenvalue weighted by atomic mass is 35.5. The lowest BCUT2D eigenvalue weighted by Gasteiger charge is -2.11. The Morgan fingerprint density at radius 1 is 0.535 bits per heavy atom. The van der Waals surface area contributed by atoms with Crippen LogP contribution in [0, 0.1) is 22.7 Å². The van der Waals surface area contributed by atoms with Crippen molar-refractivity contribution in [3.05, 3.63) is 175 Å². The first-order valence-corrected chi connectivity index (χ1v) is 21.3. The molecule has 71 heavy (non-hydrogen) atoms. The second kappa shape index (κ2) is 27.3. The molecule has 5 aromatic carbocycles. The predicted octanol–water partition coefficient (Wildman–Crippen LogP) is 14.3. The summed E-state index contributed by atoms with van der Waals surface area (Å²) < 4.78 is 5.81. The average molecular weight is 1020 g/mol. The van der Waals surface area contributed by atoms with Gasteiger partial charge in [0.15, 0.2) is 17.3 Å². The van der Waals surface area contributed by atoms with E-state index in [2.05, 4.69) is 36.6 Å². The molecule has 3 aliphatic carbocycles. The number of fused-ring (bicyclic) bond motifs is 3. The minimum atomic E-state index is 0. The normalized spacial score (nSPS) is 11.7. The molecule has 0 atom stereocenters. The number of nitrogens with one attached hydrogen (secondary N) is 2. The van der Waals surface area contributed by atoms with E-state index >= 15 is 0 Å². The summed E-state index contributed by atoms with van der Waals surface area (Å²) in [5.41, 5.74) is 7.45. The molecule has 0 amide bonds. The summed E-state index contributed by atoms with van der Waals surface area (Å²) in [5.74, 6) is 2.28. The molecule has 17 heteroatoms. The van der Waals surface area contributed by atoms with Gasteiger partial charge in [-0.1, -0.05) is 71.9 Å². The van der Waals surface area contributed by atoms with Gasteiger partial charge in [0.05, 0.1) is 33.3 Å². The van der Waals surface area contributed by atoms with Crippen LogP contribution in [0.2, 0.25) is 15.2 Å². The minimum Gasteiger partial charge on any atom is -0.508 e. The van der Waals surface area contributed by atoms with Crippen LogP contribution in [-0.4, -0.2) is 47.5 Å². The SMILES string of the molecule is C.C.C.C.C.N#Cc1ccc(Nc2nccc(Cl)n2)cc1.N#Cc1ccc(Nc2nccc(Oc3ccc4c(c3Cl)CCC4=O)n2)cc1.O=C1CCc2c1ccc(O)c2Cl.O=C1CCc2cc(O)ccc21. The number of nitriles is 2. The maximum absolute atomic E-state index is 11.8. The van der Waals surface area contributed by atoms with E-state index in [0.29, 0.717) is 93.1 Å². The average Bonchev–Trinajstić information content (AvgIpc) is 4.02. The topological polar surface area (TPSA) is 224 Å². The summed E-state index contributed by atoms with van der Waals surface area (Å²) in [7, 11) is 0. The lowest BCUT2D eigenvalue weighted by Crippen LogP contribution is -1.99. The van der Waals surface area contributed by atoms with Crippen LogP contribution in [0.15, 0.2) is 116 Å². The zero-order valence-corrected chi connectivity index (χ0v) is 36.8. The molecule has 0 radical (unpaired) electrons. The monoisotopic (exact) mass is 1020 g/mol. The molecule has 14 nitrogen and oxygen atoms in total. The number of Topliss-reactive ketones (excluding diaryl/α,β-unsaturated/α-hetero) is 3. The van der Waals surface area contributed by atoms with Gasteiger partial charge in [-0.2, -0.15) is 15.5 Å². The van der Waals surface area contributed by atoms with E-state index in [9.17, 15) is 19.5 Å². The van der Waals surface area contributed by atoms with Crippen LogP contribution in [-0.2, 0) is 19.3 Å². The summed E-state index contributed by atoms with van der Waals surface area (Å²) in [4.78, 5) is 50.6. The van der Waals surface area contributed by atoms with E-state index in [1.165, 1.54) is 6.07 Å². The summed E-state index contributed by atoms with van der Waals surface area (Å²) in [6.45, 7) is 0. The van der Waals surface area contributed by atoms with Crippen molar-refractivity contribution in [2.75, 3.05) is 10.6 Å². The number of aromatic hydroxyl groups is 2. The third kappa shape index (κ3) is 15.1. The van der Waals surface area contributed by atoms with Gasteiger partial charge in [-0.25, -0.2) is 15.0 Å². The number of carbonyl (C=O) groups excluding carboxylic acids is 3. The summed E-state index contributed by atoms with van der Waals surface area (Å²) in [6.07, 6.45) is 6.78. The fourth-order valence-corrected chi connectivity index (χ4v) is 7.66. The van der Waals surface area contributed by atoms with E-state index < -0.39 is 0 Å². The highest BCUT2D eigenvalue weighted by molar-refractivity contribution is 6.34. The first-order chi connectivity index (χ1) is 31.9. The van der Waals surface area contributed by atoms with Gasteiger partial charge in [0, 0.05) is 65.8 Å². The van der Waals surface area contributed by atoms with Crippen LogP contribution in [0.1, 0.15) is 115 Å². The van der Waals surface area contributed by atoms with Crippen LogP contribution in [0.4, 0.5) is 23.3 Å². The molecule has 0 fully saturated rings. The molecule has 0 saturated carbocycles. The van der Waals surface area contributed by atoms with Crippen LogP contribution in [0.25, 0.3) is 0 Å². The smallest absolute Gasteiger partial charge is 0.230 e. The molecular weight excluding hydrogens is 963 g/mol. The maximum Gasteiger partial charge on any atom is 0.230 e. The maximum atomic E-state index is 11.8. The molecule has 2 aromatic heterocycles. The molecule has 2 heterocycles. The zero-order chi connectivity index (χ0) is 46.7. The van der Waals surface area contributed by atoms with E-state index in [-0.39, 0.29) is 66.0 Å². The summed E-state index contributed by atoms with van der Waals surface area (Å²) >= 11 is 17.9. The summed E-state index contributed by atoms with van der Waals surface area (Å²) in [5, 5.41) is 43.0. The fourth-order valence-electron chi connectivity index (χ4n) is 6.97. The number of halogens is 3.